The largest absolute Gasteiger partial charge is 0.497 e. The average Bonchev–Trinajstić information content (AvgIpc) is 2.56. The SMILES string of the molecule is COc1ccc(Oc2ccc(CNCCO)cc2)c(C(C)(C)C)c1. The minimum atomic E-state index is -0.0436. The Hall–Kier alpha value is -2.04. The van der Waals surface area contributed by atoms with Crippen molar-refractivity contribution in [2.45, 2.75) is 32.7 Å². The summed E-state index contributed by atoms with van der Waals surface area (Å²) in [5.41, 5.74) is 2.22. The van der Waals surface area contributed by atoms with E-state index in [-0.39, 0.29) is 12.0 Å². The maximum absolute atomic E-state index is 8.79. The lowest BCUT2D eigenvalue weighted by molar-refractivity contribution is 0.292. The lowest BCUT2D eigenvalue weighted by Crippen LogP contribution is -2.17. The monoisotopic (exact) mass is 329 g/mol. The van der Waals surface area contributed by atoms with Crippen molar-refractivity contribution in [2.75, 3.05) is 20.3 Å². The van der Waals surface area contributed by atoms with Gasteiger partial charge in [-0.3, -0.25) is 0 Å². The van der Waals surface area contributed by atoms with Crippen molar-refractivity contribution in [1.29, 1.82) is 0 Å². The van der Waals surface area contributed by atoms with Crippen molar-refractivity contribution in [1.82, 2.24) is 5.32 Å². The first-order chi connectivity index (χ1) is 11.4. The summed E-state index contributed by atoms with van der Waals surface area (Å²) in [5, 5.41) is 11.9. The molecular formula is C20H27NO3. The summed E-state index contributed by atoms with van der Waals surface area (Å²) in [4.78, 5) is 0. The van der Waals surface area contributed by atoms with Gasteiger partial charge in [-0.1, -0.05) is 32.9 Å². The first kappa shape index (κ1) is 18.3. The fourth-order valence-corrected chi connectivity index (χ4v) is 2.43. The molecule has 24 heavy (non-hydrogen) atoms. The van der Waals surface area contributed by atoms with Crippen LogP contribution in [-0.2, 0) is 12.0 Å². The maximum Gasteiger partial charge on any atom is 0.131 e. The smallest absolute Gasteiger partial charge is 0.131 e. The van der Waals surface area contributed by atoms with E-state index in [1.807, 2.05) is 42.5 Å². The zero-order chi connectivity index (χ0) is 17.6. The van der Waals surface area contributed by atoms with Gasteiger partial charge >= 0.3 is 0 Å². The zero-order valence-corrected chi connectivity index (χ0v) is 14.9. The first-order valence-corrected chi connectivity index (χ1v) is 8.21. The van der Waals surface area contributed by atoms with Crippen molar-refractivity contribution in [3.05, 3.63) is 53.6 Å². The van der Waals surface area contributed by atoms with Gasteiger partial charge in [0, 0.05) is 18.7 Å². The number of benzene rings is 2. The fourth-order valence-electron chi connectivity index (χ4n) is 2.43. The second kappa shape index (κ2) is 8.18. The molecule has 4 nitrogen and oxygen atoms in total. The molecule has 0 aliphatic rings. The Morgan fingerprint density at radius 2 is 1.67 bits per heavy atom. The molecule has 0 atom stereocenters. The zero-order valence-electron chi connectivity index (χ0n) is 14.9. The highest BCUT2D eigenvalue weighted by atomic mass is 16.5. The normalized spacial score (nSPS) is 11.4. The standard InChI is InChI=1S/C20H27NO3/c1-20(2,3)18-13-17(23-4)9-10-19(18)24-16-7-5-15(6-8-16)14-21-11-12-22/h5-10,13,21-22H,11-12,14H2,1-4H3. The van der Waals surface area contributed by atoms with E-state index in [1.54, 1.807) is 7.11 Å². The first-order valence-electron chi connectivity index (χ1n) is 8.21. The number of aliphatic hydroxyl groups is 1. The van der Waals surface area contributed by atoms with Crippen molar-refractivity contribution < 1.29 is 14.6 Å². The molecule has 2 rings (SSSR count). The molecule has 0 aliphatic carbocycles. The lowest BCUT2D eigenvalue weighted by atomic mass is 9.86. The van der Waals surface area contributed by atoms with E-state index in [0.717, 1.165) is 34.9 Å². The van der Waals surface area contributed by atoms with Gasteiger partial charge in [-0.2, -0.15) is 0 Å². The molecule has 2 aromatic carbocycles. The van der Waals surface area contributed by atoms with E-state index in [2.05, 4.69) is 26.1 Å². The van der Waals surface area contributed by atoms with Gasteiger partial charge < -0.3 is 19.9 Å². The Labute approximate surface area is 144 Å². The van der Waals surface area contributed by atoms with Gasteiger partial charge in [0.05, 0.1) is 13.7 Å². The van der Waals surface area contributed by atoms with Crippen molar-refractivity contribution in [3.8, 4) is 17.2 Å². The van der Waals surface area contributed by atoms with Crippen LogP contribution in [0.1, 0.15) is 31.9 Å². The van der Waals surface area contributed by atoms with Gasteiger partial charge in [0.25, 0.3) is 0 Å². The molecule has 0 aliphatic heterocycles. The molecule has 0 spiro atoms. The van der Waals surface area contributed by atoms with E-state index in [4.69, 9.17) is 14.6 Å². The van der Waals surface area contributed by atoms with Crippen LogP contribution in [0, 0.1) is 0 Å². The van der Waals surface area contributed by atoms with E-state index in [1.165, 1.54) is 0 Å². The number of hydrogen-bond donors (Lipinski definition) is 2. The maximum atomic E-state index is 8.79. The van der Waals surface area contributed by atoms with E-state index in [0.29, 0.717) is 6.54 Å². The van der Waals surface area contributed by atoms with Crippen molar-refractivity contribution in [2.24, 2.45) is 0 Å². The van der Waals surface area contributed by atoms with Crippen LogP contribution in [0.2, 0.25) is 0 Å². The second-order valence-electron chi connectivity index (χ2n) is 6.76. The molecule has 130 valence electrons. The third kappa shape index (κ3) is 4.98. The lowest BCUT2D eigenvalue weighted by Gasteiger charge is -2.23. The van der Waals surface area contributed by atoms with Crippen LogP contribution in [0.25, 0.3) is 0 Å². The van der Waals surface area contributed by atoms with Gasteiger partial charge in [0.1, 0.15) is 17.2 Å². The third-order valence-electron chi connectivity index (χ3n) is 3.76. The van der Waals surface area contributed by atoms with Gasteiger partial charge in [-0.25, -0.2) is 0 Å². The van der Waals surface area contributed by atoms with Gasteiger partial charge in [-0.15, -0.1) is 0 Å². The molecule has 0 saturated heterocycles. The summed E-state index contributed by atoms with van der Waals surface area (Å²) in [6.07, 6.45) is 0. The summed E-state index contributed by atoms with van der Waals surface area (Å²) < 4.78 is 11.4. The predicted octanol–water partition coefficient (Wildman–Crippen LogP) is 3.87. The quantitative estimate of drug-likeness (QED) is 0.757. The Kier molecular flexibility index (Phi) is 6.23. The van der Waals surface area contributed by atoms with Crippen LogP contribution in [0.15, 0.2) is 42.5 Å². The average molecular weight is 329 g/mol. The molecule has 0 heterocycles. The summed E-state index contributed by atoms with van der Waals surface area (Å²) in [7, 11) is 1.67. The summed E-state index contributed by atoms with van der Waals surface area (Å²) in [6, 6.07) is 13.9. The van der Waals surface area contributed by atoms with Gasteiger partial charge in [-0.05, 0) is 41.3 Å². The minimum Gasteiger partial charge on any atom is -0.497 e. The molecule has 0 bridgehead atoms. The fraction of sp³-hybridized carbons (Fsp3) is 0.400. The van der Waals surface area contributed by atoms with Crippen LogP contribution in [0.5, 0.6) is 17.2 Å². The number of hydrogen-bond acceptors (Lipinski definition) is 4. The van der Waals surface area contributed by atoms with E-state index >= 15 is 0 Å². The highest BCUT2D eigenvalue weighted by Gasteiger charge is 2.20. The molecule has 0 unspecified atom stereocenters. The van der Waals surface area contributed by atoms with Crippen molar-refractivity contribution >= 4 is 0 Å². The topological polar surface area (TPSA) is 50.7 Å². The van der Waals surface area contributed by atoms with Crippen molar-refractivity contribution in [3.63, 3.8) is 0 Å². The number of methoxy groups -OCH3 is 1. The molecule has 4 heteroatoms. The molecule has 2 aromatic rings. The molecule has 0 fully saturated rings. The Morgan fingerprint density at radius 3 is 2.25 bits per heavy atom. The molecule has 0 radical (unpaired) electrons. The molecule has 0 saturated carbocycles. The molecule has 0 aromatic heterocycles. The third-order valence-corrected chi connectivity index (χ3v) is 3.76. The Bertz CT molecular complexity index is 645. The molecule has 0 amide bonds. The highest BCUT2D eigenvalue weighted by molar-refractivity contribution is 5.46. The van der Waals surface area contributed by atoms with Crippen LogP contribution in [0.4, 0.5) is 0 Å². The van der Waals surface area contributed by atoms with Gasteiger partial charge in [0.2, 0.25) is 0 Å². The van der Waals surface area contributed by atoms with Crippen LogP contribution < -0.4 is 14.8 Å². The molecule has 2 N–H and O–H groups in total. The minimum absolute atomic E-state index is 0.0436. The molecular weight excluding hydrogens is 302 g/mol. The summed E-state index contributed by atoms with van der Waals surface area (Å²) >= 11 is 0. The predicted molar refractivity (Wildman–Crippen MR) is 97.0 cm³/mol. The van der Waals surface area contributed by atoms with Crippen LogP contribution in [-0.4, -0.2) is 25.4 Å². The van der Waals surface area contributed by atoms with E-state index in [9.17, 15) is 0 Å². The van der Waals surface area contributed by atoms with Crippen LogP contribution in [0.3, 0.4) is 0 Å². The second-order valence-corrected chi connectivity index (χ2v) is 6.76. The Balaban J connectivity index is 2.15. The number of nitrogens with one attached hydrogen (secondary N) is 1. The van der Waals surface area contributed by atoms with Crippen LogP contribution >= 0.6 is 0 Å². The number of ether oxygens (including phenoxy) is 2. The highest BCUT2D eigenvalue weighted by Crippen LogP contribution is 2.36. The Morgan fingerprint density at radius 1 is 1.00 bits per heavy atom. The number of rotatable bonds is 7. The summed E-state index contributed by atoms with van der Waals surface area (Å²) in [5.74, 6) is 2.48. The van der Waals surface area contributed by atoms with E-state index < -0.39 is 0 Å². The number of aliphatic hydroxyl groups excluding tert-OH is 1. The summed E-state index contributed by atoms with van der Waals surface area (Å²) in [6.45, 7) is 7.95. The van der Waals surface area contributed by atoms with Gasteiger partial charge in [0.15, 0.2) is 0 Å².